The molecule has 1 aromatic rings. The Balaban J connectivity index is 1.58. The number of hydrogen-bond donors (Lipinski definition) is 2. The number of carbonyl (C=O) groups excluding carboxylic acids is 2. The third kappa shape index (κ3) is 3.71. The van der Waals surface area contributed by atoms with Crippen LogP contribution in [0.3, 0.4) is 0 Å². The van der Waals surface area contributed by atoms with E-state index in [0.29, 0.717) is 13.1 Å². The average molecular weight is 317 g/mol. The standard InChI is InChI=1S/C17H23N3O3/c1-12(21)20-9-4-13-10-14(2-3-16(13)20)18-17(23)11-19-7-5-15(22)6-8-19/h2-3,10,15,22H,4-9,11H2,1H3,(H,18,23). The van der Waals surface area contributed by atoms with Crippen LogP contribution in [0.25, 0.3) is 0 Å². The van der Waals surface area contributed by atoms with Crippen LogP contribution in [0, 0.1) is 0 Å². The second-order valence-electron chi connectivity index (χ2n) is 6.32. The van der Waals surface area contributed by atoms with Crippen LogP contribution >= 0.6 is 0 Å². The van der Waals surface area contributed by atoms with Crippen molar-refractivity contribution in [3.05, 3.63) is 23.8 Å². The molecule has 0 aromatic heterocycles. The zero-order chi connectivity index (χ0) is 16.4. The van der Waals surface area contributed by atoms with Crippen LogP contribution in [0.15, 0.2) is 18.2 Å². The lowest BCUT2D eigenvalue weighted by Gasteiger charge is -2.28. The summed E-state index contributed by atoms with van der Waals surface area (Å²) in [7, 11) is 0. The van der Waals surface area contributed by atoms with E-state index >= 15 is 0 Å². The van der Waals surface area contributed by atoms with Crippen molar-refractivity contribution in [2.45, 2.75) is 32.3 Å². The molecule has 0 spiro atoms. The molecular weight excluding hydrogens is 294 g/mol. The number of nitrogens with zero attached hydrogens (tertiary/aromatic N) is 2. The Morgan fingerprint density at radius 2 is 2.00 bits per heavy atom. The molecule has 2 N–H and O–H groups in total. The van der Waals surface area contributed by atoms with Crippen LogP contribution in [0.5, 0.6) is 0 Å². The van der Waals surface area contributed by atoms with Crippen molar-refractivity contribution in [2.75, 3.05) is 36.4 Å². The second kappa shape index (κ2) is 6.68. The van der Waals surface area contributed by atoms with Crippen molar-refractivity contribution in [1.29, 1.82) is 0 Å². The summed E-state index contributed by atoms with van der Waals surface area (Å²) >= 11 is 0. The molecule has 2 heterocycles. The number of hydrogen-bond acceptors (Lipinski definition) is 4. The number of nitrogens with one attached hydrogen (secondary N) is 1. The van der Waals surface area contributed by atoms with Gasteiger partial charge in [-0.3, -0.25) is 14.5 Å². The number of fused-ring (bicyclic) bond motifs is 1. The van der Waals surface area contributed by atoms with Gasteiger partial charge in [0.2, 0.25) is 11.8 Å². The maximum Gasteiger partial charge on any atom is 0.238 e. The highest BCUT2D eigenvalue weighted by Gasteiger charge is 2.23. The molecule has 3 rings (SSSR count). The monoisotopic (exact) mass is 317 g/mol. The third-order valence-corrected chi connectivity index (χ3v) is 4.56. The number of carbonyl (C=O) groups is 2. The highest BCUT2D eigenvalue weighted by Crippen LogP contribution is 2.30. The van der Waals surface area contributed by atoms with Crippen molar-refractivity contribution >= 4 is 23.2 Å². The zero-order valence-electron chi connectivity index (χ0n) is 13.4. The molecule has 0 unspecified atom stereocenters. The van der Waals surface area contributed by atoms with E-state index < -0.39 is 0 Å². The number of piperidine rings is 1. The molecule has 1 saturated heterocycles. The van der Waals surface area contributed by atoms with Gasteiger partial charge in [0.05, 0.1) is 12.6 Å². The highest BCUT2D eigenvalue weighted by molar-refractivity contribution is 5.96. The fourth-order valence-corrected chi connectivity index (χ4v) is 3.29. The topological polar surface area (TPSA) is 72.9 Å². The molecule has 0 radical (unpaired) electrons. The van der Waals surface area contributed by atoms with E-state index in [1.807, 2.05) is 18.2 Å². The van der Waals surface area contributed by atoms with E-state index in [1.54, 1.807) is 11.8 Å². The van der Waals surface area contributed by atoms with Gasteiger partial charge in [0.1, 0.15) is 0 Å². The van der Waals surface area contributed by atoms with E-state index in [1.165, 1.54) is 0 Å². The fraction of sp³-hybridized carbons (Fsp3) is 0.529. The first-order chi connectivity index (χ1) is 11.0. The molecule has 0 atom stereocenters. The Labute approximate surface area is 136 Å². The number of rotatable bonds is 3. The van der Waals surface area contributed by atoms with Gasteiger partial charge in [-0.1, -0.05) is 0 Å². The molecule has 2 aliphatic heterocycles. The molecular formula is C17H23N3O3. The Hall–Kier alpha value is -1.92. The van der Waals surface area contributed by atoms with Gasteiger partial charge in [0.15, 0.2) is 0 Å². The van der Waals surface area contributed by atoms with Crippen molar-refractivity contribution in [2.24, 2.45) is 0 Å². The van der Waals surface area contributed by atoms with Crippen molar-refractivity contribution in [3.8, 4) is 0 Å². The van der Waals surface area contributed by atoms with Gasteiger partial charge in [-0.05, 0) is 43.0 Å². The largest absolute Gasteiger partial charge is 0.393 e. The highest BCUT2D eigenvalue weighted by atomic mass is 16.3. The second-order valence-corrected chi connectivity index (χ2v) is 6.32. The molecule has 6 heteroatoms. The lowest BCUT2D eigenvalue weighted by molar-refractivity contribution is -0.118. The molecule has 2 aliphatic rings. The number of aliphatic hydroxyl groups excluding tert-OH is 1. The van der Waals surface area contributed by atoms with E-state index in [0.717, 1.165) is 49.3 Å². The first-order valence-electron chi connectivity index (χ1n) is 8.14. The van der Waals surface area contributed by atoms with Gasteiger partial charge in [-0.2, -0.15) is 0 Å². The summed E-state index contributed by atoms with van der Waals surface area (Å²) in [6, 6.07) is 5.70. The normalized spacial score (nSPS) is 18.8. The number of likely N-dealkylation sites (tertiary alicyclic amines) is 1. The lowest BCUT2D eigenvalue weighted by Crippen LogP contribution is -2.40. The number of benzene rings is 1. The van der Waals surface area contributed by atoms with Crippen LogP contribution in [-0.2, 0) is 16.0 Å². The van der Waals surface area contributed by atoms with E-state index in [-0.39, 0.29) is 17.9 Å². The van der Waals surface area contributed by atoms with Crippen LogP contribution in [0.1, 0.15) is 25.3 Å². The van der Waals surface area contributed by atoms with Crippen LogP contribution in [0.2, 0.25) is 0 Å². The summed E-state index contributed by atoms with van der Waals surface area (Å²) in [5.74, 6) is 0.00980. The summed E-state index contributed by atoms with van der Waals surface area (Å²) in [5, 5.41) is 12.4. The first kappa shape index (κ1) is 16.0. The smallest absolute Gasteiger partial charge is 0.238 e. The maximum atomic E-state index is 12.2. The Morgan fingerprint density at radius 3 is 2.70 bits per heavy atom. The van der Waals surface area contributed by atoms with E-state index in [4.69, 9.17) is 0 Å². The Morgan fingerprint density at radius 1 is 1.26 bits per heavy atom. The maximum absolute atomic E-state index is 12.2. The Bertz CT molecular complexity index is 609. The van der Waals surface area contributed by atoms with E-state index in [2.05, 4.69) is 10.2 Å². The van der Waals surface area contributed by atoms with Crippen LogP contribution in [0.4, 0.5) is 11.4 Å². The van der Waals surface area contributed by atoms with Crippen molar-refractivity contribution in [3.63, 3.8) is 0 Å². The first-order valence-corrected chi connectivity index (χ1v) is 8.14. The van der Waals surface area contributed by atoms with E-state index in [9.17, 15) is 14.7 Å². The van der Waals surface area contributed by atoms with Crippen LogP contribution < -0.4 is 10.2 Å². The average Bonchev–Trinajstić information content (AvgIpc) is 2.93. The molecule has 6 nitrogen and oxygen atoms in total. The van der Waals surface area contributed by atoms with Gasteiger partial charge in [-0.25, -0.2) is 0 Å². The molecule has 23 heavy (non-hydrogen) atoms. The minimum Gasteiger partial charge on any atom is -0.393 e. The summed E-state index contributed by atoms with van der Waals surface area (Å²) < 4.78 is 0. The van der Waals surface area contributed by atoms with Crippen LogP contribution in [-0.4, -0.2) is 54.1 Å². The van der Waals surface area contributed by atoms with Gasteiger partial charge in [-0.15, -0.1) is 0 Å². The SMILES string of the molecule is CC(=O)N1CCc2cc(NC(=O)CN3CCC(O)CC3)ccc21. The summed E-state index contributed by atoms with van der Waals surface area (Å²) in [4.78, 5) is 27.5. The van der Waals surface area contributed by atoms with Gasteiger partial charge in [0.25, 0.3) is 0 Å². The molecule has 0 aliphatic carbocycles. The Kier molecular flexibility index (Phi) is 4.63. The summed E-state index contributed by atoms with van der Waals surface area (Å²) in [6.45, 7) is 4.14. The zero-order valence-corrected chi connectivity index (χ0v) is 13.4. The molecule has 124 valence electrons. The van der Waals surface area contributed by atoms with Crippen molar-refractivity contribution in [1.82, 2.24) is 4.90 Å². The van der Waals surface area contributed by atoms with Gasteiger partial charge in [0, 0.05) is 37.9 Å². The lowest BCUT2D eigenvalue weighted by atomic mass is 10.1. The molecule has 0 bridgehead atoms. The third-order valence-electron chi connectivity index (χ3n) is 4.56. The molecule has 1 fully saturated rings. The quantitative estimate of drug-likeness (QED) is 0.872. The summed E-state index contributed by atoms with van der Waals surface area (Å²) in [5.41, 5.74) is 2.82. The van der Waals surface area contributed by atoms with Crippen molar-refractivity contribution < 1.29 is 14.7 Å². The molecule has 1 aromatic carbocycles. The number of aliphatic hydroxyl groups is 1. The number of anilines is 2. The predicted octanol–water partition coefficient (Wildman–Crippen LogP) is 0.991. The minimum atomic E-state index is -0.227. The number of amides is 2. The molecule has 2 amide bonds. The summed E-state index contributed by atoms with van der Waals surface area (Å²) in [6.07, 6.45) is 2.05. The minimum absolute atomic E-state index is 0.0391. The van der Waals surface area contributed by atoms with Gasteiger partial charge >= 0.3 is 0 Å². The molecule has 0 saturated carbocycles. The predicted molar refractivity (Wildman–Crippen MR) is 88.5 cm³/mol. The fourth-order valence-electron chi connectivity index (χ4n) is 3.29. The van der Waals surface area contributed by atoms with Gasteiger partial charge < -0.3 is 15.3 Å².